The van der Waals surface area contributed by atoms with E-state index in [0.717, 1.165) is 24.6 Å². The lowest BCUT2D eigenvalue weighted by atomic mass is 10.2. The molecule has 0 bridgehead atoms. The zero-order valence-electron chi connectivity index (χ0n) is 40.9. The average molecular weight is 999 g/mol. The molecule has 0 aliphatic rings. The minimum Gasteiger partial charge on any atom is -0.417 e. The molecule has 6 aromatic rings. The van der Waals surface area contributed by atoms with Crippen LogP contribution in [0.1, 0.15) is 59.4 Å². The Hall–Kier alpha value is -5.65. The van der Waals surface area contributed by atoms with Crippen LogP contribution in [0.4, 0.5) is 0 Å². The first-order valence-electron chi connectivity index (χ1n) is 21.9. The van der Waals surface area contributed by atoms with Crippen LogP contribution in [0.3, 0.4) is 0 Å². The second kappa shape index (κ2) is 21.3. The van der Waals surface area contributed by atoms with E-state index in [0.29, 0.717) is 47.8 Å². The highest BCUT2D eigenvalue weighted by atomic mass is 32.2. The van der Waals surface area contributed by atoms with Crippen molar-refractivity contribution in [1.29, 1.82) is 0 Å². The third kappa shape index (κ3) is 13.7. The van der Waals surface area contributed by atoms with Gasteiger partial charge in [-0.15, -0.1) is 0 Å². The molecule has 0 aliphatic carbocycles. The molecule has 20 heteroatoms. The van der Waals surface area contributed by atoms with Crippen molar-refractivity contribution in [2.75, 3.05) is 25.7 Å². The van der Waals surface area contributed by atoms with Crippen molar-refractivity contribution in [3.8, 4) is 33.9 Å². The predicted molar refractivity (Wildman–Crippen MR) is 272 cm³/mol. The summed E-state index contributed by atoms with van der Waals surface area (Å²) in [6, 6.07) is 12.4. The topological polar surface area (TPSA) is 208 Å². The Balaban J connectivity index is 0.000000254. The predicted octanol–water partition coefficient (Wildman–Crippen LogP) is 8.18. The van der Waals surface area contributed by atoms with E-state index >= 15 is 0 Å². The highest BCUT2D eigenvalue weighted by molar-refractivity contribution is 7.91. The van der Waals surface area contributed by atoms with E-state index in [9.17, 15) is 26.4 Å². The van der Waals surface area contributed by atoms with Gasteiger partial charge in [-0.3, -0.25) is 18.7 Å². The monoisotopic (exact) mass is 998 g/mol. The summed E-state index contributed by atoms with van der Waals surface area (Å²) in [4.78, 5) is 52.1. The van der Waals surface area contributed by atoms with Gasteiger partial charge in [-0.25, -0.2) is 46.7 Å². The van der Waals surface area contributed by atoms with Crippen molar-refractivity contribution < 1.29 is 25.7 Å². The van der Waals surface area contributed by atoms with Gasteiger partial charge >= 0.3 is 0 Å². The van der Waals surface area contributed by atoms with Crippen LogP contribution in [0.5, 0.6) is 0 Å². The van der Waals surface area contributed by atoms with Gasteiger partial charge in [0.2, 0.25) is 0 Å². The van der Waals surface area contributed by atoms with Gasteiger partial charge in [0.1, 0.15) is 24.0 Å². The van der Waals surface area contributed by atoms with Crippen molar-refractivity contribution in [3.63, 3.8) is 0 Å². The van der Waals surface area contributed by atoms with Crippen molar-refractivity contribution in [2.24, 2.45) is 0 Å². The lowest BCUT2D eigenvalue weighted by Crippen LogP contribution is -2.41. The van der Waals surface area contributed by atoms with Crippen molar-refractivity contribution in [1.82, 2.24) is 39.0 Å². The van der Waals surface area contributed by atoms with Gasteiger partial charge in [-0.1, -0.05) is 47.6 Å². The summed E-state index contributed by atoms with van der Waals surface area (Å²) in [6.07, 6.45) is 19.6. The highest BCUT2D eigenvalue weighted by Gasteiger charge is 2.37. The van der Waals surface area contributed by atoms with Crippen molar-refractivity contribution in [3.05, 3.63) is 137 Å². The number of nitrogens with zero attached hydrogens (tertiary/aromatic N) is 8. The van der Waals surface area contributed by atoms with E-state index in [1.54, 1.807) is 55.1 Å². The molecule has 0 amide bonds. The lowest BCUT2D eigenvalue weighted by Gasteiger charge is -2.36. The van der Waals surface area contributed by atoms with Crippen molar-refractivity contribution in [2.45, 2.75) is 100 Å². The number of rotatable bonds is 15. The number of hydrogen-bond donors (Lipinski definition) is 0. The fraction of sp³-hybridized carbons (Fsp3) is 0.375. The Morgan fingerprint density at radius 1 is 0.603 bits per heavy atom. The van der Waals surface area contributed by atoms with Crippen LogP contribution in [0.25, 0.3) is 40.0 Å². The molecule has 0 saturated carbocycles. The Bertz CT molecular complexity index is 3060. The third-order valence-corrected chi connectivity index (χ3v) is 23.4. The number of benzene rings is 2. The molecule has 0 aliphatic heterocycles. The smallest absolute Gasteiger partial charge is 0.281 e. The minimum absolute atomic E-state index is 0.102. The summed E-state index contributed by atoms with van der Waals surface area (Å²) in [5.74, 6) is 0. The fourth-order valence-corrected chi connectivity index (χ4v) is 9.30. The van der Waals surface area contributed by atoms with Crippen LogP contribution >= 0.6 is 0 Å². The molecule has 0 radical (unpaired) electrons. The zero-order chi connectivity index (χ0) is 50.3. The number of aromatic nitrogens is 8. The Kier molecular flexibility index (Phi) is 16.7. The van der Waals surface area contributed by atoms with E-state index in [-0.39, 0.29) is 42.4 Å². The molecule has 4 heterocycles. The molecule has 6 rings (SSSR count). The summed E-state index contributed by atoms with van der Waals surface area (Å²) < 4.78 is 62.7. The molecule has 0 N–H and O–H groups in total. The van der Waals surface area contributed by atoms with Crippen LogP contribution in [-0.4, -0.2) is 98.2 Å². The molecule has 0 saturated heterocycles. The molecule has 68 heavy (non-hydrogen) atoms. The van der Waals surface area contributed by atoms with Gasteiger partial charge in [0.25, 0.3) is 11.1 Å². The quantitative estimate of drug-likeness (QED) is 0.0702. The lowest BCUT2D eigenvalue weighted by molar-refractivity contribution is 0.282. The first kappa shape index (κ1) is 53.3. The maximum atomic E-state index is 13.3. The normalized spacial score (nSPS) is 12.8. The molecule has 2 aromatic carbocycles. The van der Waals surface area contributed by atoms with Gasteiger partial charge in [-0.2, -0.15) is 0 Å². The number of hydrogen-bond acceptors (Lipinski definition) is 14. The molecule has 0 spiro atoms. The highest BCUT2D eigenvalue weighted by Crippen LogP contribution is 2.37. The summed E-state index contributed by atoms with van der Waals surface area (Å²) in [7, 11) is -10.4. The van der Waals surface area contributed by atoms with Crippen LogP contribution in [0.2, 0.25) is 36.3 Å². The Morgan fingerprint density at radius 2 is 1.01 bits per heavy atom. The second-order valence-corrected chi connectivity index (χ2v) is 33.1. The third-order valence-electron chi connectivity index (χ3n) is 12.1. The maximum Gasteiger partial charge on any atom is 0.281 e. The van der Waals surface area contributed by atoms with E-state index in [1.165, 1.54) is 58.4 Å². The number of aryl methyl sites for hydroxylation is 1. The maximum absolute atomic E-state index is 13.3. The molecule has 16 nitrogen and oxygen atoms in total. The summed E-state index contributed by atoms with van der Waals surface area (Å²) in [6.45, 7) is 23.0. The van der Waals surface area contributed by atoms with Gasteiger partial charge in [0.05, 0.1) is 27.8 Å². The molecule has 0 unspecified atom stereocenters. The first-order chi connectivity index (χ1) is 31.6. The molecule has 4 aromatic heterocycles. The molecule has 0 atom stereocenters. The summed E-state index contributed by atoms with van der Waals surface area (Å²) in [5, 5.41) is 0.238. The average Bonchev–Trinajstić information content (AvgIpc) is 3.27. The number of sulfone groups is 2. The van der Waals surface area contributed by atoms with Gasteiger partial charge in [0.15, 0.2) is 36.3 Å². The molecular weight excluding hydrogens is 937 g/mol. The Labute approximate surface area is 401 Å². The first-order valence-corrected chi connectivity index (χ1v) is 31.5. The van der Waals surface area contributed by atoms with Crippen LogP contribution in [0.15, 0.2) is 124 Å². The van der Waals surface area contributed by atoms with E-state index < -0.39 is 36.3 Å². The van der Waals surface area contributed by atoms with Gasteiger partial charge in [0, 0.05) is 78.8 Å². The van der Waals surface area contributed by atoms with Crippen LogP contribution in [0, 0.1) is 0 Å². The van der Waals surface area contributed by atoms with Gasteiger partial charge < -0.3 is 8.85 Å². The van der Waals surface area contributed by atoms with E-state index in [1.807, 2.05) is 6.08 Å². The standard InChI is InChI=1S/C24H32N4O4SSi.C24H30N4O4SSi/c2*1-24(2,3)34(5,6)32-13-7-8-19-16-28(20-9-11-21(12-10-20)33(4,30)31)23(29)22(27-19)18-14-25-17-26-15-18/h9-12,14-17H,7-8,13H2,1-6H3;7-12,14-17H,13H2,1-6H3/b;8-7+. The van der Waals surface area contributed by atoms with Gasteiger partial charge in [-0.05, 0) is 104 Å². The fourth-order valence-electron chi connectivity index (χ4n) is 6.00. The molecule has 0 fully saturated rings. The molecular formula is C48H62N8O8S2Si2. The zero-order valence-corrected chi connectivity index (χ0v) is 44.5. The minimum atomic E-state index is -3.35. The van der Waals surface area contributed by atoms with Crippen LogP contribution in [-0.2, 0) is 34.9 Å². The summed E-state index contributed by atoms with van der Waals surface area (Å²) in [5.41, 5.74) is 3.10. The largest absolute Gasteiger partial charge is 0.417 e. The Morgan fingerprint density at radius 3 is 1.44 bits per heavy atom. The van der Waals surface area contributed by atoms with E-state index in [4.69, 9.17) is 8.85 Å². The second-order valence-electron chi connectivity index (χ2n) is 19.4. The summed E-state index contributed by atoms with van der Waals surface area (Å²) >= 11 is 0. The van der Waals surface area contributed by atoms with Crippen LogP contribution < -0.4 is 11.1 Å². The SMILES string of the molecule is CC(C)(C)[Si](C)(C)OC/C=C/c1cn(-c2ccc(S(C)(=O)=O)cc2)c(=O)c(-c2cncnc2)n1.CC(C)(C)[Si](C)(C)OCCCc1cn(-c2ccc(S(C)(=O)=O)cc2)c(=O)c(-c2cncnc2)n1. The van der Waals surface area contributed by atoms with E-state index in [2.05, 4.69) is 97.6 Å². The molecule has 362 valence electrons. The van der Waals surface area contributed by atoms with Crippen molar-refractivity contribution >= 4 is 42.4 Å².